The molecule has 1 aromatic rings. The van der Waals surface area contributed by atoms with Crippen LogP contribution in [0.15, 0.2) is 24.3 Å². The molecule has 0 spiro atoms. The number of hydrogen-bond donors (Lipinski definition) is 1. The lowest BCUT2D eigenvalue weighted by Crippen LogP contribution is -2.43. The highest BCUT2D eigenvalue weighted by Crippen LogP contribution is 2.17. The summed E-state index contributed by atoms with van der Waals surface area (Å²) in [6, 6.07) is 8.81. The number of aryl methyl sites for hydroxylation is 1. The van der Waals surface area contributed by atoms with E-state index in [-0.39, 0.29) is 0 Å². The van der Waals surface area contributed by atoms with Crippen LogP contribution in [0, 0.1) is 0 Å². The molecule has 2 atom stereocenters. The van der Waals surface area contributed by atoms with Gasteiger partial charge in [0.15, 0.2) is 0 Å². The van der Waals surface area contributed by atoms with Gasteiger partial charge in [-0.1, -0.05) is 31.9 Å². The fraction of sp³-hybridized carbons (Fsp3) is 0.667. The third-order valence-electron chi connectivity index (χ3n) is 4.29. The molecule has 1 fully saturated rings. The number of aliphatic hydroxyl groups excluding tert-OH is 1. The number of β-amino-alcohol motifs (C(OH)–C–C–N with tert-alkyl or cyclic N) is 1. The molecule has 1 N–H and O–H groups in total. The number of rotatable bonds is 7. The molecule has 3 heteroatoms. The van der Waals surface area contributed by atoms with Gasteiger partial charge in [-0.2, -0.15) is 0 Å². The molecule has 1 saturated heterocycles. The first kappa shape index (κ1) is 16.3. The average molecular weight is 291 g/mol. The topological polar surface area (TPSA) is 32.7 Å². The minimum Gasteiger partial charge on any atom is -0.491 e. The van der Waals surface area contributed by atoms with Crippen LogP contribution in [-0.4, -0.2) is 41.8 Å². The van der Waals surface area contributed by atoms with Crippen LogP contribution in [0.3, 0.4) is 0 Å². The van der Waals surface area contributed by atoms with Gasteiger partial charge < -0.3 is 9.84 Å². The van der Waals surface area contributed by atoms with E-state index in [0.29, 0.717) is 12.6 Å². The van der Waals surface area contributed by atoms with Crippen molar-refractivity contribution in [2.75, 3.05) is 19.7 Å². The van der Waals surface area contributed by atoms with Gasteiger partial charge in [0.25, 0.3) is 0 Å². The molecular weight excluding hydrogens is 262 g/mol. The minimum absolute atomic E-state index is 0.371. The van der Waals surface area contributed by atoms with Crippen LogP contribution in [0.5, 0.6) is 5.75 Å². The zero-order valence-corrected chi connectivity index (χ0v) is 13.4. The van der Waals surface area contributed by atoms with Crippen molar-refractivity contribution in [2.45, 2.75) is 58.1 Å². The molecule has 0 saturated carbocycles. The number of benzene rings is 1. The molecule has 0 radical (unpaired) electrons. The lowest BCUT2D eigenvalue weighted by Gasteiger charge is -2.34. The largest absolute Gasteiger partial charge is 0.491 e. The van der Waals surface area contributed by atoms with E-state index in [1.165, 1.54) is 24.8 Å². The van der Waals surface area contributed by atoms with Gasteiger partial charge in [-0.3, -0.25) is 4.90 Å². The second-order valence-corrected chi connectivity index (χ2v) is 6.20. The maximum atomic E-state index is 10.2. The fourth-order valence-electron chi connectivity index (χ4n) is 2.99. The van der Waals surface area contributed by atoms with Crippen LogP contribution < -0.4 is 4.74 Å². The summed E-state index contributed by atoms with van der Waals surface area (Å²) in [5.41, 5.74) is 1.34. The number of hydrogen-bond acceptors (Lipinski definition) is 3. The second kappa shape index (κ2) is 8.40. The number of aliphatic hydroxyl groups is 1. The molecule has 1 heterocycles. The number of piperidine rings is 1. The van der Waals surface area contributed by atoms with Crippen molar-refractivity contribution in [1.29, 1.82) is 0 Å². The first-order valence-electron chi connectivity index (χ1n) is 8.33. The molecular formula is C18H29NO2. The van der Waals surface area contributed by atoms with Crippen molar-refractivity contribution in [2.24, 2.45) is 0 Å². The van der Waals surface area contributed by atoms with Crippen molar-refractivity contribution in [1.82, 2.24) is 4.90 Å². The lowest BCUT2D eigenvalue weighted by molar-refractivity contribution is 0.0438. The Kier molecular flexibility index (Phi) is 6.52. The first-order chi connectivity index (χ1) is 10.2. The normalized spacial score (nSPS) is 21.2. The molecule has 0 unspecified atom stereocenters. The molecule has 0 aliphatic carbocycles. The van der Waals surface area contributed by atoms with Gasteiger partial charge in [0, 0.05) is 12.6 Å². The Labute approximate surface area is 128 Å². The van der Waals surface area contributed by atoms with Gasteiger partial charge in [0.2, 0.25) is 0 Å². The molecule has 2 rings (SSSR count). The van der Waals surface area contributed by atoms with E-state index >= 15 is 0 Å². The second-order valence-electron chi connectivity index (χ2n) is 6.20. The van der Waals surface area contributed by atoms with E-state index in [1.54, 1.807) is 0 Å². The Morgan fingerprint density at radius 1 is 1.29 bits per heavy atom. The molecule has 0 amide bonds. The summed E-state index contributed by atoms with van der Waals surface area (Å²) in [6.07, 6.45) is 5.65. The van der Waals surface area contributed by atoms with Gasteiger partial charge in [-0.15, -0.1) is 0 Å². The van der Waals surface area contributed by atoms with E-state index < -0.39 is 6.10 Å². The highest BCUT2D eigenvalue weighted by Gasteiger charge is 2.20. The Bertz CT molecular complexity index is 404. The van der Waals surface area contributed by atoms with Crippen LogP contribution in [0.25, 0.3) is 0 Å². The summed E-state index contributed by atoms with van der Waals surface area (Å²) < 4.78 is 5.70. The van der Waals surface area contributed by atoms with Gasteiger partial charge in [0.1, 0.15) is 18.5 Å². The Hall–Kier alpha value is -1.06. The third kappa shape index (κ3) is 5.33. The molecule has 0 bridgehead atoms. The van der Waals surface area contributed by atoms with Crippen LogP contribution in [0.1, 0.15) is 45.1 Å². The summed E-state index contributed by atoms with van der Waals surface area (Å²) in [6.45, 7) is 6.62. The minimum atomic E-state index is -0.416. The number of nitrogens with zero attached hydrogens (tertiary/aromatic N) is 1. The summed E-state index contributed by atoms with van der Waals surface area (Å²) in [7, 11) is 0. The van der Waals surface area contributed by atoms with E-state index in [9.17, 15) is 5.11 Å². The SMILES string of the molecule is CCCc1ccc(OC[C@@H](O)CN2CCCC[C@H]2C)cc1. The molecule has 118 valence electrons. The summed E-state index contributed by atoms with van der Waals surface area (Å²) in [5.74, 6) is 0.848. The zero-order chi connectivity index (χ0) is 15.1. The maximum Gasteiger partial charge on any atom is 0.119 e. The van der Waals surface area contributed by atoms with Crippen molar-refractivity contribution in [3.63, 3.8) is 0 Å². The van der Waals surface area contributed by atoms with Crippen molar-refractivity contribution in [3.8, 4) is 5.75 Å². The monoisotopic (exact) mass is 291 g/mol. The van der Waals surface area contributed by atoms with Gasteiger partial charge in [-0.25, -0.2) is 0 Å². The van der Waals surface area contributed by atoms with Crippen LogP contribution in [-0.2, 0) is 6.42 Å². The molecule has 1 aromatic carbocycles. The van der Waals surface area contributed by atoms with E-state index in [0.717, 1.165) is 31.7 Å². The summed E-state index contributed by atoms with van der Waals surface area (Å²) in [5, 5.41) is 10.2. The highest BCUT2D eigenvalue weighted by atomic mass is 16.5. The van der Waals surface area contributed by atoms with Gasteiger partial charge in [0.05, 0.1) is 0 Å². The molecule has 1 aliphatic rings. The highest BCUT2D eigenvalue weighted by molar-refractivity contribution is 5.27. The Morgan fingerprint density at radius 2 is 2.05 bits per heavy atom. The first-order valence-corrected chi connectivity index (χ1v) is 8.33. The van der Waals surface area contributed by atoms with E-state index in [2.05, 4.69) is 30.9 Å². The zero-order valence-electron chi connectivity index (χ0n) is 13.4. The standard InChI is InChI=1S/C18H29NO2/c1-3-6-16-8-10-18(11-9-16)21-14-17(20)13-19-12-5-4-7-15(19)2/h8-11,15,17,20H,3-7,12-14H2,1-2H3/t15-,17+/m1/s1. The van der Waals surface area contributed by atoms with Crippen molar-refractivity contribution >= 4 is 0 Å². The predicted octanol–water partition coefficient (Wildman–Crippen LogP) is 3.25. The predicted molar refractivity (Wildman–Crippen MR) is 86.8 cm³/mol. The molecule has 21 heavy (non-hydrogen) atoms. The van der Waals surface area contributed by atoms with Crippen LogP contribution in [0.4, 0.5) is 0 Å². The Balaban J connectivity index is 1.73. The Morgan fingerprint density at radius 3 is 2.71 bits per heavy atom. The molecule has 3 nitrogen and oxygen atoms in total. The summed E-state index contributed by atoms with van der Waals surface area (Å²) in [4.78, 5) is 2.38. The van der Waals surface area contributed by atoms with Crippen LogP contribution in [0.2, 0.25) is 0 Å². The van der Waals surface area contributed by atoms with Gasteiger partial charge in [-0.05, 0) is 50.4 Å². The summed E-state index contributed by atoms with van der Waals surface area (Å²) >= 11 is 0. The number of likely N-dealkylation sites (tertiary alicyclic amines) is 1. The number of ether oxygens (including phenoxy) is 1. The smallest absolute Gasteiger partial charge is 0.119 e. The van der Waals surface area contributed by atoms with Gasteiger partial charge >= 0.3 is 0 Å². The average Bonchev–Trinajstić information content (AvgIpc) is 2.49. The molecule has 1 aliphatic heterocycles. The maximum absolute atomic E-state index is 10.2. The quantitative estimate of drug-likeness (QED) is 0.837. The van der Waals surface area contributed by atoms with Crippen molar-refractivity contribution < 1.29 is 9.84 Å². The van der Waals surface area contributed by atoms with E-state index in [1.807, 2.05) is 12.1 Å². The fourth-order valence-corrected chi connectivity index (χ4v) is 2.99. The molecule has 0 aromatic heterocycles. The van der Waals surface area contributed by atoms with E-state index in [4.69, 9.17) is 4.74 Å². The lowest BCUT2D eigenvalue weighted by atomic mass is 10.0. The van der Waals surface area contributed by atoms with Crippen LogP contribution >= 0.6 is 0 Å². The van der Waals surface area contributed by atoms with Crippen molar-refractivity contribution in [3.05, 3.63) is 29.8 Å². The third-order valence-corrected chi connectivity index (χ3v) is 4.29.